The van der Waals surface area contributed by atoms with Gasteiger partial charge in [-0.25, -0.2) is 4.79 Å². The normalized spacial score (nSPS) is 11.4. The number of benzene rings is 1. The van der Waals surface area contributed by atoms with E-state index in [1.165, 1.54) is 20.3 Å². The fourth-order valence-electron chi connectivity index (χ4n) is 1.80. The van der Waals surface area contributed by atoms with E-state index in [-0.39, 0.29) is 5.91 Å². The number of methoxy groups -OCH3 is 2. The molecule has 0 aliphatic carbocycles. The Morgan fingerprint density at radius 1 is 1.18 bits per heavy atom. The van der Waals surface area contributed by atoms with Crippen LogP contribution in [0.5, 0.6) is 0 Å². The molecule has 1 rings (SSSR count). The second-order valence-electron chi connectivity index (χ2n) is 4.60. The molecule has 0 saturated heterocycles. The molecule has 0 fully saturated rings. The number of amides is 1. The van der Waals surface area contributed by atoms with Gasteiger partial charge in [-0.05, 0) is 31.0 Å². The van der Waals surface area contributed by atoms with Gasteiger partial charge in [0.15, 0.2) is 0 Å². The van der Waals surface area contributed by atoms with E-state index < -0.39 is 18.0 Å². The first-order valence-electron chi connectivity index (χ1n) is 6.79. The standard InChI is InChI=1S/C15H20N2O5/c1-21-14(19)11-6-3-5-10(9-11)13(18)17-8-4-7-12(16)15(20)22-2/h3,5-6,9,12H,4,7-8,16H2,1-2H3,(H,17,18). The zero-order valence-corrected chi connectivity index (χ0v) is 12.6. The summed E-state index contributed by atoms with van der Waals surface area (Å²) in [6.07, 6.45) is 0.952. The topological polar surface area (TPSA) is 108 Å². The summed E-state index contributed by atoms with van der Waals surface area (Å²) in [7, 11) is 2.55. The van der Waals surface area contributed by atoms with Crippen LogP contribution in [0.25, 0.3) is 0 Å². The number of carbonyl (C=O) groups is 3. The Hall–Kier alpha value is -2.41. The molecule has 0 spiro atoms. The minimum absolute atomic E-state index is 0.308. The van der Waals surface area contributed by atoms with Crippen LogP contribution in [-0.4, -0.2) is 44.7 Å². The van der Waals surface area contributed by atoms with Crippen molar-refractivity contribution in [2.24, 2.45) is 5.73 Å². The Bertz CT molecular complexity index is 544. The molecule has 7 heteroatoms. The van der Waals surface area contributed by atoms with E-state index in [0.717, 1.165) is 0 Å². The molecule has 1 unspecified atom stereocenters. The largest absolute Gasteiger partial charge is 0.468 e. The van der Waals surface area contributed by atoms with Crippen LogP contribution < -0.4 is 11.1 Å². The average Bonchev–Trinajstić information content (AvgIpc) is 2.56. The predicted octanol–water partition coefficient (Wildman–Crippen LogP) is 0.484. The van der Waals surface area contributed by atoms with Crippen LogP contribution in [0.15, 0.2) is 24.3 Å². The van der Waals surface area contributed by atoms with E-state index in [0.29, 0.717) is 30.5 Å². The molecule has 0 bridgehead atoms. The monoisotopic (exact) mass is 308 g/mol. The van der Waals surface area contributed by atoms with Gasteiger partial charge >= 0.3 is 11.9 Å². The fourth-order valence-corrected chi connectivity index (χ4v) is 1.80. The third-order valence-electron chi connectivity index (χ3n) is 3.03. The molecule has 0 heterocycles. The molecular formula is C15H20N2O5. The summed E-state index contributed by atoms with van der Waals surface area (Å²) < 4.78 is 9.11. The van der Waals surface area contributed by atoms with Gasteiger partial charge in [0.1, 0.15) is 6.04 Å². The highest BCUT2D eigenvalue weighted by Crippen LogP contribution is 2.07. The summed E-state index contributed by atoms with van der Waals surface area (Å²) in [5.74, 6) is -1.28. The first kappa shape index (κ1) is 17.6. The molecule has 0 aromatic heterocycles. The lowest BCUT2D eigenvalue weighted by Gasteiger charge is -2.10. The van der Waals surface area contributed by atoms with Crippen LogP contribution >= 0.6 is 0 Å². The van der Waals surface area contributed by atoms with E-state index in [1.807, 2.05) is 0 Å². The van der Waals surface area contributed by atoms with Crippen molar-refractivity contribution in [3.8, 4) is 0 Å². The van der Waals surface area contributed by atoms with Crippen LogP contribution in [0.1, 0.15) is 33.6 Å². The lowest BCUT2D eigenvalue weighted by Crippen LogP contribution is -2.33. The fraction of sp³-hybridized carbons (Fsp3) is 0.400. The number of hydrogen-bond acceptors (Lipinski definition) is 6. The molecule has 1 aromatic rings. The van der Waals surface area contributed by atoms with Gasteiger partial charge in [0.05, 0.1) is 19.8 Å². The van der Waals surface area contributed by atoms with Gasteiger partial charge in [-0.15, -0.1) is 0 Å². The Balaban J connectivity index is 2.46. The molecule has 22 heavy (non-hydrogen) atoms. The number of ether oxygens (including phenoxy) is 2. The van der Waals surface area contributed by atoms with E-state index in [9.17, 15) is 14.4 Å². The number of carbonyl (C=O) groups excluding carboxylic acids is 3. The van der Waals surface area contributed by atoms with Gasteiger partial charge in [0, 0.05) is 12.1 Å². The van der Waals surface area contributed by atoms with Crippen molar-refractivity contribution in [3.63, 3.8) is 0 Å². The first-order valence-corrected chi connectivity index (χ1v) is 6.79. The summed E-state index contributed by atoms with van der Waals surface area (Å²) in [5, 5.41) is 2.70. The van der Waals surface area contributed by atoms with E-state index in [1.54, 1.807) is 18.2 Å². The maximum Gasteiger partial charge on any atom is 0.337 e. The number of hydrogen-bond donors (Lipinski definition) is 2. The van der Waals surface area contributed by atoms with Gasteiger partial charge in [-0.3, -0.25) is 9.59 Å². The smallest absolute Gasteiger partial charge is 0.337 e. The average molecular weight is 308 g/mol. The number of esters is 2. The highest BCUT2D eigenvalue weighted by molar-refractivity contribution is 5.97. The molecule has 1 amide bonds. The molecule has 0 saturated carbocycles. The van der Waals surface area contributed by atoms with Gasteiger partial charge in [-0.1, -0.05) is 6.07 Å². The third-order valence-corrected chi connectivity index (χ3v) is 3.03. The maximum atomic E-state index is 12.0. The number of nitrogens with one attached hydrogen (secondary N) is 1. The molecule has 120 valence electrons. The zero-order chi connectivity index (χ0) is 16.5. The van der Waals surface area contributed by atoms with Crippen LogP contribution in [-0.2, 0) is 14.3 Å². The SMILES string of the molecule is COC(=O)c1cccc(C(=O)NCCCC(N)C(=O)OC)c1. The van der Waals surface area contributed by atoms with E-state index in [2.05, 4.69) is 14.8 Å². The van der Waals surface area contributed by atoms with Crippen LogP contribution in [0.2, 0.25) is 0 Å². The summed E-state index contributed by atoms with van der Waals surface area (Å²) in [6.45, 7) is 0.367. The summed E-state index contributed by atoms with van der Waals surface area (Å²) in [4.78, 5) is 34.5. The van der Waals surface area contributed by atoms with Gasteiger partial charge in [-0.2, -0.15) is 0 Å². The minimum Gasteiger partial charge on any atom is -0.468 e. The van der Waals surface area contributed by atoms with Crippen molar-refractivity contribution in [3.05, 3.63) is 35.4 Å². The van der Waals surface area contributed by atoms with Crippen molar-refractivity contribution in [2.75, 3.05) is 20.8 Å². The van der Waals surface area contributed by atoms with Crippen molar-refractivity contribution in [1.82, 2.24) is 5.32 Å². The number of nitrogens with two attached hydrogens (primary N) is 1. The maximum absolute atomic E-state index is 12.0. The van der Waals surface area contributed by atoms with Gasteiger partial charge < -0.3 is 20.5 Å². The summed E-state index contributed by atoms with van der Waals surface area (Å²) in [6, 6.07) is 5.54. The Kier molecular flexibility index (Phi) is 7.04. The summed E-state index contributed by atoms with van der Waals surface area (Å²) in [5.41, 5.74) is 6.26. The summed E-state index contributed by atoms with van der Waals surface area (Å²) >= 11 is 0. The quantitative estimate of drug-likeness (QED) is 0.560. The Morgan fingerprint density at radius 2 is 1.86 bits per heavy atom. The highest BCUT2D eigenvalue weighted by atomic mass is 16.5. The number of rotatable bonds is 7. The molecule has 1 aromatic carbocycles. The molecule has 0 radical (unpaired) electrons. The van der Waals surface area contributed by atoms with Crippen molar-refractivity contribution in [2.45, 2.75) is 18.9 Å². The van der Waals surface area contributed by atoms with Crippen molar-refractivity contribution >= 4 is 17.8 Å². The molecular weight excluding hydrogens is 288 g/mol. The molecule has 7 nitrogen and oxygen atoms in total. The molecule has 0 aliphatic rings. The lowest BCUT2D eigenvalue weighted by atomic mass is 10.1. The van der Waals surface area contributed by atoms with Crippen molar-refractivity contribution < 1.29 is 23.9 Å². The van der Waals surface area contributed by atoms with Gasteiger partial charge in [0.2, 0.25) is 0 Å². The molecule has 1 atom stereocenters. The lowest BCUT2D eigenvalue weighted by molar-refractivity contribution is -0.142. The minimum atomic E-state index is -0.690. The van der Waals surface area contributed by atoms with Crippen molar-refractivity contribution in [1.29, 1.82) is 0 Å². The molecule has 0 aliphatic heterocycles. The highest BCUT2D eigenvalue weighted by Gasteiger charge is 2.13. The Morgan fingerprint density at radius 3 is 2.50 bits per heavy atom. The second-order valence-corrected chi connectivity index (χ2v) is 4.60. The zero-order valence-electron chi connectivity index (χ0n) is 12.6. The van der Waals surface area contributed by atoms with Gasteiger partial charge in [0.25, 0.3) is 5.91 Å². The molecule has 3 N–H and O–H groups in total. The van der Waals surface area contributed by atoms with Crippen LogP contribution in [0.3, 0.4) is 0 Å². The predicted molar refractivity (Wildman–Crippen MR) is 79.3 cm³/mol. The van der Waals surface area contributed by atoms with E-state index in [4.69, 9.17) is 5.73 Å². The second kappa shape index (κ2) is 8.78. The third kappa shape index (κ3) is 5.17. The van der Waals surface area contributed by atoms with E-state index >= 15 is 0 Å². The van der Waals surface area contributed by atoms with Crippen LogP contribution in [0, 0.1) is 0 Å². The Labute approximate surface area is 128 Å². The first-order chi connectivity index (χ1) is 10.5. The van der Waals surface area contributed by atoms with Crippen LogP contribution in [0.4, 0.5) is 0 Å².